The van der Waals surface area contributed by atoms with Crippen molar-refractivity contribution >= 4 is 5.97 Å². The largest absolute Gasteiger partial charge is 0.385 e. The Bertz CT molecular complexity index is 284. The molecule has 82 valence electrons. The van der Waals surface area contributed by atoms with Gasteiger partial charge in [-0.1, -0.05) is 18.2 Å². The Labute approximate surface area is 88.7 Å². The molecule has 0 bridgehead atoms. The number of ether oxygens (including phenoxy) is 1. The van der Waals surface area contributed by atoms with Gasteiger partial charge >= 0.3 is 5.97 Å². The zero-order valence-electron chi connectivity index (χ0n) is 8.64. The van der Waals surface area contributed by atoms with Crippen molar-refractivity contribution in [2.45, 2.75) is 6.42 Å². The number of carbonyl (C=O) groups is 1. The highest BCUT2D eigenvalue weighted by Crippen LogP contribution is 2.01. The van der Waals surface area contributed by atoms with Crippen LogP contribution >= 0.6 is 0 Å². The monoisotopic (exact) mass is 210 g/mol. The second-order valence-corrected chi connectivity index (χ2v) is 2.91. The van der Waals surface area contributed by atoms with Crippen LogP contribution in [0.5, 0.6) is 0 Å². The lowest BCUT2D eigenvalue weighted by Crippen LogP contribution is -2.07. The minimum Gasteiger partial charge on any atom is -0.385 e. The van der Waals surface area contributed by atoms with Crippen LogP contribution in [0.2, 0.25) is 0 Å². The SMILES string of the molecule is COCCCOOC(=O)c1ccccc1. The highest BCUT2D eigenvalue weighted by molar-refractivity contribution is 5.88. The Kier molecular flexibility index (Phi) is 5.43. The van der Waals surface area contributed by atoms with Crippen molar-refractivity contribution in [2.75, 3.05) is 20.3 Å². The molecule has 0 fully saturated rings. The zero-order chi connectivity index (χ0) is 10.9. The van der Waals surface area contributed by atoms with Gasteiger partial charge in [0.05, 0.1) is 12.2 Å². The van der Waals surface area contributed by atoms with Crippen molar-refractivity contribution in [1.82, 2.24) is 0 Å². The molecule has 0 aliphatic rings. The van der Waals surface area contributed by atoms with Gasteiger partial charge in [0.2, 0.25) is 0 Å². The first kappa shape index (κ1) is 11.7. The van der Waals surface area contributed by atoms with Gasteiger partial charge in [-0.25, -0.2) is 4.79 Å². The summed E-state index contributed by atoms with van der Waals surface area (Å²) in [6, 6.07) is 8.70. The van der Waals surface area contributed by atoms with E-state index >= 15 is 0 Å². The maximum absolute atomic E-state index is 11.3. The van der Waals surface area contributed by atoms with E-state index in [2.05, 4.69) is 4.89 Å². The maximum Gasteiger partial charge on any atom is 0.373 e. The lowest BCUT2D eigenvalue weighted by atomic mass is 10.2. The van der Waals surface area contributed by atoms with Crippen LogP contribution in [0.3, 0.4) is 0 Å². The standard InChI is InChI=1S/C11H14O4/c1-13-8-5-9-14-15-11(12)10-6-3-2-4-7-10/h2-4,6-7H,5,8-9H2,1H3. The lowest BCUT2D eigenvalue weighted by molar-refractivity contribution is -0.242. The molecule has 0 aromatic heterocycles. The van der Waals surface area contributed by atoms with Crippen LogP contribution in [0.15, 0.2) is 30.3 Å². The summed E-state index contributed by atoms with van der Waals surface area (Å²) in [5.41, 5.74) is 0.476. The third kappa shape index (κ3) is 4.58. The van der Waals surface area contributed by atoms with E-state index in [1.54, 1.807) is 31.4 Å². The van der Waals surface area contributed by atoms with Crippen LogP contribution in [0, 0.1) is 0 Å². The Morgan fingerprint density at radius 3 is 2.60 bits per heavy atom. The summed E-state index contributed by atoms with van der Waals surface area (Å²) in [5, 5.41) is 0. The fourth-order valence-electron chi connectivity index (χ4n) is 0.980. The Balaban J connectivity index is 2.20. The Hall–Kier alpha value is -1.39. The molecule has 0 radical (unpaired) electrons. The van der Waals surface area contributed by atoms with E-state index in [0.717, 1.165) is 0 Å². The smallest absolute Gasteiger partial charge is 0.373 e. The molecule has 0 N–H and O–H groups in total. The number of benzene rings is 1. The quantitative estimate of drug-likeness (QED) is 0.408. The van der Waals surface area contributed by atoms with E-state index in [1.807, 2.05) is 6.07 Å². The van der Waals surface area contributed by atoms with Crippen molar-refractivity contribution in [2.24, 2.45) is 0 Å². The fourth-order valence-corrected chi connectivity index (χ4v) is 0.980. The summed E-state index contributed by atoms with van der Waals surface area (Å²) in [6.45, 7) is 0.926. The first-order valence-corrected chi connectivity index (χ1v) is 4.72. The van der Waals surface area contributed by atoms with Gasteiger partial charge < -0.3 is 4.74 Å². The molecule has 1 aromatic rings. The Morgan fingerprint density at radius 1 is 1.20 bits per heavy atom. The van der Waals surface area contributed by atoms with Gasteiger partial charge in [-0.15, -0.1) is 0 Å². The number of rotatable bonds is 6. The van der Waals surface area contributed by atoms with Crippen molar-refractivity contribution in [1.29, 1.82) is 0 Å². The van der Waals surface area contributed by atoms with Crippen molar-refractivity contribution in [3.8, 4) is 0 Å². The van der Waals surface area contributed by atoms with E-state index < -0.39 is 5.97 Å². The molecule has 0 saturated heterocycles. The lowest BCUT2D eigenvalue weighted by Gasteiger charge is -2.02. The van der Waals surface area contributed by atoms with Gasteiger partial charge in [0.1, 0.15) is 0 Å². The first-order chi connectivity index (χ1) is 7.34. The number of methoxy groups -OCH3 is 1. The maximum atomic E-state index is 11.3. The number of hydrogen-bond acceptors (Lipinski definition) is 4. The molecule has 0 spiro atoms. The predicted molar refractivity (Wildman–Crippen MR) is 54.3 cm³/mol. The van der Waals surface area contributed by atoms with E-state index in [-0.39, 0.29) is 0 Å². The van der Waals surface area contributed by atoms with Gasteiger partial charge in [-0.3, -0.25) is 4.89 Å². The fraction of sp³-hybridized carbons (Fsp3) is 0.364. The molecule has 1 rings (SSSR count). The normalized spacial score (nSPS) is 9.93. The van der Waals surface area contributed by atoms with Gasteiger partial charge in [0.15, 0.2) is 0 Å². The number of hydrogen-bond donors (Lipinski definition) is 0. The summed E-state index contributed by atoms with van der Waals surface area (Å²) in [4.78, 5) is 20.6. The molecule has 0 atom stereocenters. The highest BCUT2D eigenvalue weighted by atomic mass is 17.2. The average molecular weight is 210 g/mol. The summed E-state index contributed by atoms with van der Waals surface area (Å²) >= 11 is 0. The molecule has 4 nitrogen and oxygen atoms in total. The van der Waals surface area contributed by atoms with Crippen LogP contribution in [-0.2, 0) is 14.5 Å². The van der Waals surface area contributed by atoms with E-state index in [4.69, 9.17) is 9.62 Å². The van der Waals surface area contributed by atoms with Crippen LogP contribution in [0.4, 0.5) is 0 Å². The van der Waals surface area contributed by atoms with Crippen LogP contribution in [0.25, 0.3) is 0 Å². The zero-order valence-corrected chi connectivity index (χ0v) is 8.64. The topological polar surface area (TPSA) is 44.8 Å². The molecule has 15 heavy (non-hydrogen) atoms. The van der Waals surface area contributed by atoms with Crippen LogP contribution in [0.1, 0.15) is 16.8 Å². The Morgan fingerprint density at radius 2 is 1.93 bits per heavy atom. The third-order valence-corrected chi connectivity index (χ3v) is 1.72. The molecule has 4 heteroatoms. The molecular formula is C11H14O4. The second-order valence-electron chi connectivity index (χ2n) is 2.91. The number of carbonyl (C=O) groups excluding carboxylic acids is 1. The average Bonchev–Trinajstić information content (AvgIpc) is 2.30. The van der Waals surface area contributed by atoms with E-state index in [0.29, 0.717) is 25.2 Å². The van der Waals surface area contributed by atoms with Gasteiger partial charge in [0, 0.05) is 13.7 Å². The van der Waals surface area contributed by atoms with E-state index in [9.17, 15) is 4.79 Å². The van der Waals surface area contributed by atoms with E-state index in [1.165, 1.54) is 0 Å². The predicted octanol–water partition coefficient (Wildman–Crippen LogP) is 1.81. The molecule has 1 aromatic carbocycles. The summed E-state index contributed by atoms with van der Waals surface area (Å²) in [6.07, 6.45) is 0.693. The van der Waals surface area contributed by atoms with Crippen LogP contribution in [-0.4, -0.2) is 26.3 Å². The molecule has 0 saturated carbocycles. The van der Waals surface area contributed by atoms with Crippen LogP contribution < -0.4 is 0 Å². The second kappa shape index (κ2) is 6.98. The van der Waals surface area contributed by atoms with Gasteiger partial charge in [0.25, 0.3) is 0 Å². The molecule has 0 unspecified atom stereocenters. The molecule has 0 aliphatic carbocycles. The van der Waals surface area contributed by atoms with Gasteiger partial charge in [-0.2, -0.15) is 4.89 Å². The first-order valence-electron chi connectivity index (χ1n) is 4.72. The summed E-state index contributed by atoms with van der Waals surface area (Å²) in [7, 11) is 1.61. The minimum atomic E-state index is -0.479. The molecule has 0 heterocycles. The van der Waals surface area contributed by atoms with Crippen molar-refractivity contribution < 1.29 is 19.3 Å². The van der Waals surface area contributed by atoms with Gasteiger partial charge in [-0.05, 0) is 18.6 Å². The molecule has 0 aliphatic heterocycles. The summed E-state index contributed by atoms with van der Waals surface area (Å²) < 4.78 is 4.81. The summed E-state index contributed by atoms with van der Waals surface area (Å²) in [5.74, 6) is -0.479. The minimum absolute atomic E-state index is 0.340. The molecular weight excluding hydrogens is 196 g/mol. The van der Waals surface area contributed by atoms with Crippen molar-refractivity contribution in [3.05, 3.63) is 35.9 Å². The highest BCUT2D eigenvalue weighted by Gasteiger charge is 2.06. The molecule has 0 amide bonds. The van der Waals surface area contributed by atoms with Crippen molar-refractivity contribution in [3.63, 3.8) is 0 Å². The third-order valence-electron chi connectivity index (χ3n) is 1.72.